The molecule has 0 aromatic heterocycles. The quantitative estimate of drug-likeness (QED) is 0.718. The molecule has 0 amide bonds. The number of nitrogens with zero attached hydrogens (tertiary/aromatic N) is 1. The Hall–Kier alpha value is -0.0800. The summed E-state index contributed by atoms with van der Waals surface area (Å²) in [5.41, 5.74) is 0. The fourth-order valence-electron chi connectivity index (χ4n) is 1.99. The molecule has 0 aromatic rings. The molecule has 2 unspecified atom stereocenters. The number of hydrogen-bond acceptors (Lipinski definition) is 2. The lowest BCUT2D eigenvalue weighted by Crippen LogP contribution is -2.38. The van der Waals surface area contributed by atoms with Crippen molar-refractivity contribution in [3.63, 3.8) is 0 Å². The summed E-state index contributed by atoms with van der Waals surface area (Å²) < 4.78 is 0. The molecular weight excluding hydrogens is 160 g/mol. The van der Waals surface area contributed by atoms with E-state index >= 15 is 0 Å². The number of hydrogen-bond donors (Lipinski definition) is 1. The molecule has 1 aliphatic heterocycles. The van der Waals surface area contributed by atoms with Crippen molar-refractivity contribution in [3.05, 3.63) is 0 Å². The molecule has 0 aliphatic carbocycles. The molecule has 2 heteroatoms. The Labute approximate surface area is 82.7 Å². The molecule has 1 heterocycles. The summed E-state index contributed by atoms with van der Waals surface area (Å²) in [6, 6.07) is 2.14. The largest absolute Gasteiger partial charge is 0.312 e. The second-order valence-corrected chi connectivity index (χ2v) is 4.91. The molecule has 1 N–H and O–H groups in total. The Balaban J connectivity index is 2.40. The minimum atomic E-state index is 0.665. The van der Waals surface area contributed by atoms with Crippen molar-refractivity contribution in [1.82, 2.24) is 10.2 Å². The Morgan fingerprint density at radius 3 is 2.23 bits per heavy atom. The first kappa shape index (κ1) is 11.0. The monoisotopic (exact) mass is 184 g/mol. The first-order valence-electron chi connectivity index (χ1n) is 5.47. The first-order valence-corrected chi connectivity index (χ1v) is 5.47. The molecule has 13 heavy (non-hydrogen) atoms. The molecule has 2 nitrogen and oxygen atoms in total. The fraction of sp³-hybridized carbons (Fsp3) is 1.00. The van der Waals surface area contributed by atoms with Gasteiger partial charge in [-0.25, -0.2) is 0 Å². The summed E-state index contributed by atoms with van der Waals surface area (Å²) in [7, 11) is 2.24. The van der Waals surface area contributed by atoms with Crippen LogP contribution in [-0.2, 0) is 0 Å². The van der Waals surface area contributed by atoms with E-state index in [1.807, 2.05) is 0 Å². The second kappa shape index (κ2) is 4.43. The van der Waals surface area contributed by atoms with Gasteiger partial charge in [0.15, 0.2) is 0 Å². The Kier molecular flexibility index (Phi) is 3.74. The van der Waals surface area contributed by atoms with Crippen molar-refractivity contribution in [2.24, 2.45) is 5.92 Å². The SMILES string of the molecule is CC(C)C1CC(N(C)C(C)C)CN1. The molecule has 0 bridgehead atoms. The smallest absolute Gasteiger partial charge is 0.0235 e. The molecule has 1 rings (SSSR count). The van der Waals surface area contributed by atoms with Crippen molar-refractivity contribution < 1.29 is 0 Å². The van der Waals surface area contributed by atoms with E-state index in [1.165, 1.54) is 6.42 Å². The zero-order valence-corrected chi connectivity index (χ0v) is 9.67. The van der Waals surface area contributed by atoms with Crippen molar-refractivity contribution in [1.29, 1.82) is 0 Å². The molecule has 1 aliphatic rings. The maximum atomic E-state index is 3.60. The predicted molar refractivity (Wildman–Crippen MR) is 57.9 cm³/mol. The summed E-state index contributed by atoms with van der Waals surface area (Å²) in [4.78, 5) is 2.48. The highest BCUT2D eigenvalue weighted by atomic mass is 15.2. The molecule has 1 fully saturated rings. The third-order valence-corrected chi connectivity index (χ3v) is 3.34. The zero-order valence-electron chi connectivity index (χ0n) is 9.67. The van der Waals surface area contributed by atoms with Crippen LogP contribution < -0.4 is 5.32 Å². The van der Waals surface area contributed by atoms with Crippen molar-refractivity contribution in [2.45, 2.75) is 52.2 Å². The van der Waals surface area contributed by atoms with Crippen LogP contribution in [0.3, 0.4) is 0 Å². The van der Waals surface area contributed by atoms with Crippen molar-refractivity contribution >= 4 is 0 Å². The van der Waals surface area contributed by atoms with Gasteiger partial charge in [0.05, 0.1) is 0 Å². The van der Waals surface area contributed by atoms with E-state index in [4.69, 9.17) is 0 Å². The van der Waals surface area contributed by atoms with Gasteiger partial charge < -0.3 is 5.32 Å². The summed E-state index contributed by atoms with van der Waals surface area (Å²) in [5, 5.41) is 3.60. The molecule has 0 saturated carbocycles. The van der Waals surface area contributed by atoms with Crippen LogP contribution in [-0.4, -0.2) is 36.6 Å². The van der Waals surface area contributed by atoms with Crippen LogP contribution in [0.1, 0.15) is 34.1 Å². The van der Waals surface area contributed by atoms with E-state index in [2.05, 4.69) is 45.0 Å². The highest BCUT2D eigenvalue weighted by molar-refractivity contribution is 4.89. The van der Waals surface area contributed by atoms with E-state index in [9.17, 15) is 0 Å². The summed E-state index contributed by atoms with van der Waals surface area (Å²) in [6.07, 6.45) is 1.31. The van der Waals surface area contributed by atoms with Gasteiger partial charge in [-0.1, -0.05) is 13.8 Å². The van der Waals surface area contributed by atoms with Crippen LogP contribution >= 0.6 is 0 Å². The van der Waals surface area contributed by atoms with Gasteiger partial charge in [0.25, 0.3) is 0 Å². The van der Waals surface area contributed by atoms with Gasteiger partial charge in [0.1, 0.15) is 0 Å². The van der Waals surface area contributed by atoms with Crippen LogP contribution in [0.2, 0.25) is 0 Å². The summed E-state index contributed by atoms with van der Waals surface area (Å²) in [6.45, 7) is 10.3. The maximum absolute atomic E-state index is 3.60. The number of nitrogens with one attached hydrogen (secondary N) is 1. The molecule has 0 aromatic carbocycles. The summed E-state index contributed by atoms with van der Waals surface area (Å²) >= 11 is 0. The maximum Gasteiger partial charge on any atom is 0.0235 e. The topological polar surface area (TPSA) is 15.3 Å². The van der Waals surface area contributed by atoms with E-state index in [1.54, 1.807) is 0 Å². The fourth-order valence-corrected chi connectivity index (χ4v) is 1.99. The summed E-state index contributed by atoms with van der Waals surface area (Å²) in [5.74, 6) is 0.769. The van der Waals surface area contributed by atoms with Gasteiger partial charge >= 0.3 is 0 Å². The molecular formula is C11H24N2. The van der Waals surface area contributed by atoms with E-state index in [0.29, 0.717) is 6.04 Å². The van der Waals surface area contributed by atoms with Crippen LogP contribution in [0.15, 0.2) is 0 Å². The zero-order chi connectivity index (χ0) is 10.0. The lowest BCUT2D eigenvalue weighted by atomic mass is 10.0. The highest BCUT2D eigenvalue weighted by Gasteiger charge is 2.29. The van der Waals surface area contributed by atoms with Gasteiger partial charge in [0.2, 0.25) is 0 Å². The van der Waals surface area contributed by atoms with Crippen molar-refractivity contribution in [3.8, 4) is 0 Å². The Morgan fingerprint density at radius 1 is 1.23 bits per heavy atom. The average molecular weight is 184 g/mol. The Bertz CT molecular complexity index is 154. The molecule has 1 saturated heterocycles. The molecule has 0 radical (unpaired) electrons. The van der Waals surface area contributed by atoms with E-state index in [0.717, 1.165) is 24.5 Å². The minimum absolute atomic E-state index is 0.665. The van der Waals surface area contributed by atoms with Crippen molar-refractivity contribution in [2.75, 3.05) is 13.6 Å². The average Bonchev–Trinajstić information content (AvgIpc) is 2.50. The van der Waals surface area contributed by atoms with Gasteiger partial charge in [-0.3, -0.25) is 4.90 Å². The van der Waals surface area contributed by atoms with Gasteiger partial charge in [-0.15, -0.1) is 0 Å². The molecule has 78 valence electrons. The third-order valence-electron chi connectivity index (χ3n) is 3.34. The minimum Gasteiger partial charge on any atom is -0.312 e. The van der Waals surface area contributed by atoms with Crippen LogP contribution in [0, 0.1) is 5.92 Å². The molecule has 0 spiro atoms. The predicted octanol–water partition coefficient (Wildman–Crippen LogP) is 1.71. The van der Waals surface area contributed by atoms with Crippen LogP contribution in [0.25, 0.3) is 0 Å². The Morgan fingerprint density at radius 2 is 1.85 bits per heavy atom. The van der Waals surface area contributed by atoms with Crippen LogP contribution in [0.4, 0.5) is 0 Å². The van der Waals surface area contributed by atoms with E-state index in [-0.39, 0.29) is 0 Å². The second-order valence-electron chi connectivity index (χ2n) is 4.91. The highest BCUT2D eigenvalue weighted by Crippen LogP contribution is 2.19. The van der Waals surface area contributed by atoms with Crippen LogP contribution in [0.5, 0.6) is 0 Å². The van der Waals surface area contributed by atoms with E-state index < -0.39 is 0 Å². The van der Waals surface area contributed by atoms with Gasteiger partial charge in [0, 0.05) is 24.7 Å². The number of rotatable bonds is 3. The molecule has 2 atom stereocenters. The first-order chi connectivity index (χ1) is 6.02. The van der Waals surface area contributed by atoms with Gasteiger partial charge in [-0.05, 0) is 33.2 Å². The third kappa shape index (κ3) is 2.68. The van der Waals surface area contributed by atoms with Gasteiger partial charge in [-0.2, -0.15) is 0 Å². The lowest BCUT2D eigenvalue weighted by molar-refractivity contribution is 0.203. The standard InChI is InChI=1S/C11H24N2/c1-8(2)11-6-10(7-12-11)13(5)9(3)4/h8-12H,6-7H2,1-5H3. The number of likely N-dealkylation sites (N-methyl/N-ethyl adjacent to an activating group) is 1. The lowest BCUT2D eigenvalue weighted by Gasteiger charge is -2.27. The normalized spacial score (nSPS) is 29.5.